The maximum absolute atomic E-state index is 12.1. The molecule has 1 aliphatic heterocycles. The average molecular weight is 311 g/mol. The summed E-state index contributed by atoms with van der Waals surface area (Å²) in [7, 11) is 1.36. The number of methoxy groups -OCH3 is 1. The highest BCUT2D eigenvalue weighted by atomic mass is 35.5. The van der Waals surface area contributed by atoms with Crippen molar-refractivity contribution >= 4 is 29.2 Å². The zero-order chi connectivity index (χ0) is 15.6. The van der Waals surface area contributed by atoms with Crippen molar-refractivity contribution in [1.29, 1.82) is 0 Å². The van der Waals surface area contributed by atoms with E-state index < -0.39 is 5.97 Å². The number of carbonyl (C=O) groups excluding carboxylic acids is 1. The largest absolute Gasteiger partial charge is 0.496 e. The number of anilines is 1. The van der Waals surface area contributed by atoms with E-state index in [-0.39, 0.29) is 22.2 Å². The van der Waals surface area contributed by atoms with Crippen molar-refractivity contribution in [3.8, 4) is 5.75 Å². The van der Waals surface area contributed by atoms with E-state index in [0.717, 1.165) is 5.57 Å². The van der Waals surface area contributed by atoms with E-state index >= 15 is 0 Å². The van der Waals surface area contributed by atoms with Crippen molar-refractivity contribution in [3.05, 3.63) is 33.9 Å². The average Bonchev–Trinajstić information content (AvgIpc) is 2.38. The van der Waals surface area contributed by atoms with Gasteiger partial charge in [0, 0.05) is 24.7 Å². The van der Waals surface area contributed by atoms with Crippen LogP contribution in [0.5, 0.6) is 5.75 Å². The Bertz CT molecular complexity index is 634. The molecule has 112 valence electrons. The molecule has 2 rings (SSSR count). The van der Waals surface area contributed by atoms with E-state index in [9.17, 15) is 9.59 Å². The summed E-state index contributed by atoms with van der Waals surface area (Å²) in [5.41, 5.74) is 1.93. The summed E-state index contributed by atoms with van der Waals surface area (Å²) in [6.45, 7) is 3.14. The molecule has 0 unspecified atom stereocenters. The van der Waals surface area contributed by atoms with Gasteiger partial charge in [0.2, 0.25) is 0 Å². The molecule has 1 aliphatic rings. The summed E-state index contributed by atoms with van der Waals surface area (Å²) in [4.78, 5) is 23.2. The molecule has 1 fully saturated rings. The van der Waals surface area contributed by atoms with Crippen LogP contribution < -0.4 is 15.4 Å². The summed E-state index contributed by atoms with van der Waals surface area (Å²) in [5.74, 6) is -1.28. The van der Waals surface area contributed by atoms with Gasteiger partial charge in [0.25, 0.3) is 5.91 Å². The van der Waals surface area contributed by atoms with Crippen molar-refractivity contribution in [2.75, 3.05) is 25.5 Å². The molecular formula is C14H15ClN2O4. The van der Waals surface area contributed by atoms with Crippen LogP contribution >= 0.6 is 11.6 Å². The highest BCUT2D eigenvalue weighted by Crippen LogP contribution is 2.31. The zero-order valence-corrected chi connectivity index (χ0v) is 12.4. The van der Waals surface area contributed by atoms with Crippen molar-refractivity contribution in [2.24, 2.45) is 0 Å². The fraction of sp³-hybridized carbons (Fsp3) is 0.286. The van der Waals surface area contributed by atoms with Crippen LogP contribution in [0, 0.1) is 0 Å². The van der Waals surface area contributed by atoms with Gasteiger partial charge in [0.15, 0.2) is 0 Å². The summed E-state index contributed by atoms with van der Waals surface area (Å²) >= 11 is 6.02. The Balaban J connectivity index is 2.28. The molecule has 0 aromatic heterocycles. The van der Waals surface area contributed by atoms with E-state index in [0.29, 0.717) is 24.4 Å². The van der Waals surface area contributed by atoms with Crippen molar-refractivity contribution in [3.63, 3.8) is 0 Å². The van der Waals surface area contributed by atoms with Gasteiger partial charge in [-0.3, -0.25) is 4.79 Å². The number of amides is 1. The van der Waals surface area contributed by atoms with Crippen molar-refractivity contribution in [2.45, 2.75) is 6.92 Å². The van der Waals surface area contributed by atoms with Crippen LogP contribution in [0.4, 0.5) is 5.69 Å². The minimum atomic E-state index is -1.15. The fourth-order valence-corrected chi connectivity index (χ4v) is 2.09. The quantitative estimate of drug-likeness (QED) is 0.739. The summed E-state index contributed by atoms with van der Waals surface area (Å²) in [6.07, 6.45) is 0. The highest BCUT2D eigenvalue weighted by molar-refractivity contribution is 6.34. The molecule has 21 heavy (non-hydrogen) atoms. The molecule has 3 N–H and O–H groups in total. The van der Waals surface area contributed by atoms with Gasteiger partial charge in [-0.25, -0.2) is 4.79 Å². The predicted molar refractivity (Wildman–Crippen MR) is 79.2 cm³/mol. The number of ether oxygens (including phenoxy) is 1. The number of benzene rings is 1. The second-order valence-electron chi connectivity index (χ2n) is 4.62. The first-order valence-electron chi connectivity index (χ1n) is 6.25. The van der Waals surface area contributed by atoms with E-state index in [2.05, 4.69) is 10.6 Å². The minimum absolute atomic E-state index is 0.0567. The van der Waals surface area contributed by atoms with Gasteiger partial charge in [0.05, 0.1) is 17.8 Å². The maximum Gasteiger partial charge on any atom is 0.339 e. The lowest BCUT2D eigenvalue weighted by molar-refractivity contribution is -0.112. The van der Waals surface area contributed by atoms with Gasteiger partial charge in [-0.1, -0.05) is 11.6 Å². The Morgan fingerprint density at radius 3 is 2.52 bits per heavy atom. The molecule has 0 aliphatic carbocycles. The third kappa shape index (κ3) is 3.17. The van der Waals surface area contributed by atoms with Crippen LogP contribution in [0.1, 0.15) is 17.3 Å². The lowest BCUT2D eigenvalue weighted by Gasteiger charge is -2.21. The highest BCUT2D eigenvalue weighted by Gasteiger charge is 2.19. The Morgan fingerprint density at radius 1 is 1.38 bits per heavy atom. The van der Waals surface area contributed by atoms with Crippen LogP contribution in [0.15, 0.2) is 23.3 Å². The van der Waals surface area contributed by atoms with Gasteiger partial charge >= 0.3 is 5.97 Å². The summed E-state index contributed by atoms with van der Waals surface area (Å²) < 4.78 is 5.01. The molecule has 0 saturated carbocycles. The molecule has 1 aromatic rings. The van der Waals surface area contributed by atoms with E-state index in [1.165, 1.54) is 19.2 Å². The third-order valence-electron chi connectivity index (χ3n) is 3.32. The SMILES string of the molecule is COc1cc(NC(=O)C(C)=C2CNC2)c(Cl)cc1C(=O)O. The summed E-state index contributed by atoms with van der Waals surface area (Å²) in [5, 5.41) is 14.9. The fourth-order valence-electron chi connectivity index (χ4n) is 1.88. The lowest BCUT2D eigenvalue weighted by Crippen LogP contribution is -2.36. The standard InChI is InChI=1S/C14H15ClN2O4/c1-7(8-5-16-6-8)13(18)17-11-4-12(21-2)9(14(19)20)3-10(11)15/h3-4,16H,5-6H2,1-2H3,(H,17,18)(H,19,20). The lowest BCUT2D eigenvalue weighted by atomic mass is 10.0. The number of aromatic carboxylic acids is 1. The molecule has 6 nitrogen and oxygen atoms in total. The number of carboxylic acid groups (broad SMARTS) is 1. The second-order valence-corrected chi connectivity index (χ2v) is 5.03. The normalized spacial score (nSPS) is 13.4. The van der Waals surface area contributed by atoms with Crippen molar-refractivity contribution in [1.82, 2.24) is 5.32 Å². The molecule has 1 amide bonds. The summed E-state index contributed by atoms with van der Waals surface area (Å²) in [6, 6.07) is 2.66. The molecule has 0 radical (unpaired) electrons. The van der Waals surface area contributed by atoms with Gasteiger partial charge in [-0.2, -0.15) is 0 Å². The Kier molecular flexibility index (Phi) is 4.50. The molecule has 0 atom stereocenters. The molecule has 1 heterocycles. The van der Waals surface area contributed by atoms with Crippen LogP contribution in [0.3, 0.4) is 0 Å². The molecule has 0 spiro atoms. The number of carboxylic acids is 1. The first-order valence-corrected chi connectivity index (χ1v) is 6.63. The third-order valence-corrected chi connectivity index (χ3v) is 3.63. The number of nitrogens with one attached hydrogen (secondary N) is 2. The van der Waals surface area contributed by atoms with Crippen LogP contribution in [0.25, 0.3) is 0 Å². The topological polar surface area (TPSA) is 87.7 Å². The maximum atomic E-state index is 12.1. The van der Waals surface area contributed by atoms with Crippen LogP contribution in [-0.2, 0) is 4.79 Å². The number of hydrogen-bond donors (Lipinski definition) is 3. The van der Waals surface area contributed by atoms with Gasteiger partial charge in [0.1, 0.15) is 11.3 Å². The number of halogens is 1. The Hall–Kier alpha value is -2.05. The van der Waals surface area contributed by atoms with Crippen molar-refractivity contribution < 1.29 is 19.4 Å². The number of hydrogen-bond acceptors (Lipinski definition) is 4. The van der Waals surface area contributed by atoms with E-state index in [4.69, 9.17) is 21.4 Å². The van der Waals surface area contributed by atoms with E-state index in [1.807, 2.05) is 0 Å². The smallest absolute Gasteiger partial charge is 0.339 e. The molecular weight excluding hydrogens is 296 g/mol. The monoisotopic (exact) mass is 310 g/mol. The number of carbonyl (C=O) groups is 2. The van der Waals surface area contributed by atoms with Crippen LogP contribution in [0.2, 0.25) is 5.02 Å². The Morgan fingerprint density at radius 2 is 2.05 bits per heavy atom. The number of rotatable bonds is 4. The molecule has 1 aromatic carbocycles. The van der Waals surface area contributed by atoms with Gasteiger partial charge in [-0.05, 0) is 18.6 Å². The zero-order valence-electron chi connectivity index (χ0n) is 11.6. The second kappa shape index (κ2) is 6.15. The van der Waals surface area contributed by atoms with Crippen LogP contribution in [-0.4, -0.2) is 37.2 Å². The molecule has 0 bridgehead atoms. The first kappa shape index (κ1) is 15.3. The van der Waals surface area contributed by atoms with Gasteiger partial charge < -0.3 is 20.5 Å². The Labute approximate surface area is 126 Å². The molecule has 1 saturated heterocycles. The van der Waals surface area contributed by atoms with Gasteiger partial charge in [-0.15, -0.1) is 0 Å². The van der Waals surface area contributed by atoms with E-state index in [1.54, 1.807) is 6.92 Å². The predicted octanol–water partition coefficient (Wildman–Crippen LogP) is 1.90. The molecule has 7 heteroatoms. The first-order chi connectivity index (χ1) is 9.93. The minimum Gasteiger partial charge on any atom is -0.496 e.